The van der Waals surface area contributed by atoms with E-state index in [4.69, 9.17) is 21.4 Å². The third-order valence-electron chi connectivity index (χ3n) is 6.60. The summed E-state index contributed by atoms with van der Waals surface area (Å²) in [6, 6.07) is 13.0. The second kappa shape index (κ2) is 10.6. The van der Waals surface area contributed by atoms with Gasteiger partial charge in [-0.05, 0) is 65.6 Å². The van der Waals surface area contributed by atoms with Crippen LogP contribution in [0.4, 0.5) is 4.39 Å². The van der Waals surface area contributed by atoms with Crippen LogP contribution in [0.15, 0.2) is 48.5 Å². The van der Waals surface area contributed by atoms with Crippen molar-refractivity contribution in [2.24, 2.45) is 0 Å². The first-order chi connectivity index (χ1) is 16.8. The fourth-order valence-corrected chi connectivity index (χ4v) is 5.05. The normalized spacial score (nSPS) is 15.6. The predicted octanol–water partition coefficient (Wildman–Crippen LogP) is 4.67. The van der Waals surface area contributed by atoms with E-state index in [0.29, 0.717) is 28.3 Å². The summed E-state index contributed by atoms with van der Waals surface area (Å²) in [6.07, 6.45) is 2.33. The van der Waals surface area contributed by atoms with Crippen LogP contribution in [0.3, 0.4) is 0 Å². The summed E-state index contributed by atoms with van der Waals surface area (Å²) < 4.78 is 20.1. The van der Waals surface area contributed by atoms with E-state index in [9.17, 15) is 19.4 Å². The Balaban J connectivity index is 1.59. The summed E-state index contributed by atoms with van der Waals surface area (Å²) in [5, 5.41) is 31.5. The first kappa shape index (κ1) is 25.0. The number of carbonyl (C=O) groups is 1. The molecule has 1 aliphatic rings. The van der Waals surface area contributed by atoms with Crippen molar-refractivity contribution in [3.05, 3.63) is 81.6 Å². The quantitative estimate of drug-likeness (QED) is 0.341. The number of phenols is 1. The van der Waals surface area contributed by atoms with Gasteiger partial charge in [0.1, 0.15) is 11.8 Å². The molecule has 0 amide bonds. The van der Waals surface area contributed by atoms with Crippen molar-refractivity contribution in [2.45, 2.75) is 37.8 Å². The average molecular weight is 500 g/mol. The molecule has 0 bridgehead atoms. The molecule has 0 saturated heterocycles. The van der Waals surface area contributed by atoms with E-state index in [2.05, 4.69) is 11.4 Å². The molecule has 6 nitrogen and oxygen atoms in total. The molecule has 35 heavy (non-hydrogen) atoms. The third-order valence-corrected chi connectivity index (χ3v) is 6.95. The summed E-state index contributed by atoms with van der Waals surface area (Å²) in [7, 11) is 1.54. The number of aliphatic carboxylic acids is 1. The average Bonchev–Trinajstić information content (AvgIpc) is 3.25. The van der Waals surface area contributed by atoms with E-state index >= 15 is 0 Å². The maximum Gasteiger partial charge on any atom is 0.323 e. The zero-order chi connectivity index (χ0) is 25.1. The maximum atomic E-state index is 14.6. The first-order valence-corrected chi connectivity index (χ1v) is 11.7. The lowest BCUT2D eigenvalue weighted by Gasteiger charge is -2.18. The minimum atomic E-state index is -1.14. The molecule has 3 aromatic carbocycles. The van der Waals surface area contributed by atoms with Crippen LogP contribution in [-0.4, -0.2) is 41.0 Å². The van der Waals surface area contributed by atoms with Crippen LogP contribution in [0.25, 0.3) is 11.1 Å². The lowest BCUT2D eigenvalue weighted by molar-refractivity contribution is -0.140. The van der Waals surface area contributed by atoms with Gasteiger partial charge in [-0.15, -0.1) is 0 Å². The van der Waals surface area contributed by atoms with Gasteiger partial charge in [0.25, 0.3) is 0 Å². The minimum absolute atomic E-state index is 0.172. The van der Waals surface area contributed by atoms with Gasteiger partial charge in [0.15, 0.2) is 11.6 Å². The van der Waals surface area contributed by atoms with Crippen LogP contribution in [0.2, 0.25) is 5.02 Å². The number of carboxylic acid groups (broad SMARTS) is 1. The highest BCUT2D eigenvalue weighted by Crippen LogP contribution is 2.43. The highest BCUT2D eigenvalue weighted by Gasteiger charge is 2.27. The van der Waals surface area contributed by atoms with Crippen molar-refractivity contribution in [3.8, 4) is 22.6 Å². The molecule has 3 aromatic rings. The fourth-order valence-electron chi connectivity index (χ4n) is 4.78. The van der Waals surface area contributed by atoms with Crippen LogP contribution >= 0.6 is 11.6 Å². The molecule has 184 valence electrons. The number of hydrogen-bond acceptors (Lipinski definition) is 5. The van der Waals surface area contributed by atoms with Gasteiger partial charge >= 0.3 is 5.97 Å². The Labute approximate surface area is 208 Å². The Hall–Kier alpha value is -3.13. The van der Waals surface area contributed by atoms with Crippen molar-refractivity contribution in [2.75, 3.05) is 13.7 Å². The largest absolute Gasteiger partial charge is 0.505 e. The number of aliphatic hydroxyl groups is 1. The van der Waals surface area contributed by atoms with Gasteiger partial charge in [0.05, 0.1) is 13.7 Å². The number of hydrogen-bond donors (Lipinski definition) is 4. The summed E-state index contributed by atoms with van der Waals surface area (Å²) in [6.45, 7) is -0.356. The van der Waals surface area contributed by atoms with Crippen molar-refractivity contribution in [1.82, 2.24) is 5.32 Å². The van der Waals surface area contributed by atoms with Gasteiger partial charge in [-0.3, -0.25) is 10.1 Å². The number of halogens is 2. The molecule has 2 atom stereocenters. The number of rotatable bonds is 9. The van der Waals surface area contributed by atoms with Crippen molar-refractivity contribution in [1.29, 1.82) is 0 Å². The standard InChI is InChI=1S/C27H27ClFNO5/c1-35-25-12-16(22(28)11-17(25)13-30-23(14-31)27(33)34)10-15-8-9-20-18(15)4-2-5-19(20)21-6-3-7-24(32)26(21)29/h2-7,11-12,15,23,30-32H,8-10,13-14H2,1H3,(H,33,34)/t15-,23?/m1/s1. The number of aliphatic hydroxyl groups excluding tert-OH is 1. The highest BCUT2D eigenvalue weighted by molar-refractivity contribution is 6.31. The predicted molar refractivity (Wildman–Crippen MR) is 132 cm³/mol. The van der Waals surface area contributed by atoms with E-state index < -0.39 is 24.4 Å². The Morgan fingerprint density at radius 2 is 1.94 bits per heavy atom. The van der Waals surface area contributed by atoms with E-state index in [1.54, 1.807) is 18.2 Å². The number of aromatic hydroxyl groups is 1. The van der Waals surface area contributed by atoms with Gasteiger partial charge in [-0.2, -0.15) is 0 Å². The molecule has 1 aliphatic carbocycles. The number of fused-ring (bicyclic) bond motifs is 1. The van der Waals surface area contributed by atoms with E-state index in [1.807, 2.05) is 18.2 Å². The summed E-state index contributed by atoms with van der Waals surface area (Å²) >= 11 is 6.61. The second-order valence-corrected chi connectivity index (χ2v) is 9.07. The zero-order valence-electron chi connectivity index (χ0n) is 19.2. The zero-order valence-corrected chi connectivity index (χ0v) is 20.0. The van der Waals surface area contributed by atoms with Crippen LogP contribution in [0, 0.1) is 5.82 Å². The molecule has 0 fully saturated rings. The molecular weight excluding hydrogens is 473 g/mol. The number of methoxy groups -OCH3 is 1. The first-order valence-electron chi connectivity index (χ1n) is 11.4. The van der Waals surface area contributed by atoms with Crippen LogP contribution in [0.1, 0.15) is 34.6 Å². The molecule has 1 unspecified atom stereocenters. The smallest absolute Gasteiger partial charge is 0.323 e. The molecule has 8 heteroatoms. The number of ether oxygens (including phenoxy) is 1. The van der Waals surface area contributed by atoms with Gasteiger partial charge in [-0.1, -0.05) is 41.9 Å². The summed E-state index contributed by atoms with van der Waals surface area (Å²) in [5.41, 5.74) is 4.99. The van der Waals surface area contributed by atoms with E-state index in [1.165, 1.54) is 13.2 Å². The minimum Gasteiger partial charge on any atom is -0.505 e. The Morgan fingerprint density at radius 3 is 2.66 bits per heavy atom. The van der Waals surface area contributed by atoms with Crippen molar-refractivity contribution in [3.63, 3.8) is 0 Å². The Kier molecular flexibility index (Phi) is 7.60. The number of phenolic OH excluding ortho intramolecular Hbond substituents is 1. The molecule has 0 saturated carbocycles. The lowest BCUT2D eigenvalue weighted by Crippen LogP contribution is -2.39. The molecule has 0 aromatic heterocycles. The highest BCUT2D eigenvalue weighted by atomic mass is 35.5. The topological polar surface area (TPSA) is 99.0 Å². The van der Waals surface area contributed by atoms with Crippen LogP contribution < -0.4 is 10.1 Å². The molecule has 4 rings (SSSR count). The molecular formula is C27H27ClFNO5. The van der Waals surface area contributed by atoms with Gasteiger partial charge < -0.3 is 20.1 Å². The molecule has 0 spiro atoms. The Bertz CT molecular complexity index is 1250. The summed E-state index contributed by atoms with van der Waals surface area (Å²) in [5.74, 6) is -1.36. The van der Waals surface area contributed by atoms with Crippen molar-refractivity contribution < 1.29 is 29.2 Å². The van der Waals surface area contributed by atoms with E-state index in [-0.39, 0.29) is 18.2 Å². The molecule has 4 N–H and O–H groups in total. The third kappa shape index (κ3) is 5.12. The lowest BCUT2D eigenvalue weighted by atomic mass is 9.90. The van der Waals surface area contributed by atoms with Crippen LogP contribution in [0.5, 0.6) is 11.5 Å². The maximum absolute atomic E-state index is 14.6. The van der Waals surface area contributed by atoms with Gasteiger partial charge in [0.2, 0.25) is 0 Å². The molecule has 0 heterocycles. The molecule has 0 radical (unpaired) electrons. The molecule has 0 aliphatic heterocycles. The Morgan fingerprint density at radius 1 is 1.20 bits per heavy atom. The number of nitrogens with one attached hydrogen (secondary N) is 1. The second-order valence-electron chi connectivity index (χ2n) is 8.66. The van der Waals surface area contributed by atoms with E-state index in [0.717, 1.165) is 35.1 Å². The van der Waals surface area contributed by atoms with Gasteiger partial charge in [-0.25, -0.2) is 4.39 Å². The fraction of sp³-hybridized carbons (Fsp3) is 0.296. The number of carboxylic acids is 1. The van der Waals surface area contributed by atoms with Gasteiger partial charge in [0, 0.05) is 22.7 Å². The van der Waals surface area contributed by atoms with Crippen LogP contribution in [-0.2, 0) is 24.2 Å². The number of benzene rings is 3. The monoisotopic (exact) mass is 499 g/mol. The van der Waals surface area contributed by atoms with Crippen molar-refractivity contribution >= 4 is 17.6 Å². The summed E-state index contributed by atoms with van der Waals surface area (Å²) in [4.78, 5) is 11.2. The SMILES string of the molecule is COc1cc(C[C@H]2CCc3c(-c4cccc(O)c4F)cccc32)c(Cl)cc1CNC(CO)C(=O)O.